The molecule has 1 N–H and O–H groups in total. The summed E-state index contributed by atoms with van der Waals surface area (Å²) in [5.41, 5.74) is 1.93. The Kier molecular flexibility index (Phi) is 10.4. The molecule has 208 valence electrons. The van der Waals surface area contributed by atoms with E-state index in [1.54, 1.807) is 18.2 Å². The van der Waals surface area contributed by atoms with E-state index >= 15 is 0 Å². The quantitative estimate of drug-likeness (QED) is 0.305. The van der Waals surface area contributed by atoms with Crippen LogP contribution < -0.4 is 9.62 Å². The van der Waals surface area contributed by atoms with Crippen LogP contribution in [-0.4, -0.2) is 43.8 Å². The van der Waals surface area contributed by atoms with Crippen molar-refractivity contribution >= 4 is 50.7 Å². The highest BCUT2D eigenvalue weighted by Crippen LogP contribution is 2.33. The standard InChI is InChI=1S/C29H33Cl2N3O4S/c1-5-26(29(36)32-20(2)3)33(18-22-13-11-21(4)12-14-22)28(35)19-34(27-17-23(30)15-16-25(27)31)39(37,38)24-9-7-6-8-10-24/h6-17,20,26H,5,18-19H2,1-4H3,(H,32,36)/t26-/m1/s1. The molecule has 0 fully saturated rings. The molecule has 0 unspecified atom stereocenters. The van der Waals surface area contributed by atoms with Crippen LogP contribution in [0.15, 0.2) is 77.7 Å². The maximum Gasteiger partial charge on any atom is 0.264 e. The van der Waals surface area contributed by atoms with E-state index in [4.69, 9.17) is 23.2 Å². The third kappa shape index (κ3) is 7.75. The number of carbonyl (C=O) groups is 2. The third-order valence-corrected chi connectivity index (χ3v) is 8.41. The maximum atomic E-state index is 14.0. The van der Waals surface area contributed by atoms with Gasteiger partial charge in [0.05, 0.1) is 15.6 Å². The molecule has 3 aromatic carbocycles. The Morgan fingerprint density at radius 1 is 0.949 bits per heavy atom. The van der Waals surface area contributed by atoms with Crippen molar-refractivity contribution in [1.29, 1.82) is 0 Å². The highest BCUT2D eigenvalue weighted by atomic mass is 35.5. The number of halogens is 2. The van der Waals surface area contributed by atoms with Crippen LogP contribution in [0, 0.1) is 6.92 Å². The molecule has 0 radical (unpaired) electrons. The topological polar surface area (TPSA) is 86.8 Å². The van der Waals surface area contributed by atoms with Crippen LogP contribution in [0.1, 0.15) is 38.3 Å². The molecule has 0 aliphatic rings. The Balaban J connectivity index is 2.09. The molecule has 2 amide bonds. The molecule has 0 saturated heterocycles. The number of hydrogen-bond acceptors (Lipinski definition) is 4. The second-order valence-corrected chi connectivity index (χ2v) is 12.2. The fourth-order valence-corrected chi connectivity index (χ4v) is 5.98. The van der Waals surface area contributed by atoms with Crippen molar-refractivity contribution < 1.29 is 18.0 Å². The number of hydrogen-bond donors (Lipinski definition) is 1. The first kappa shape index (κ1) is 30.5. The lowest BCUT2D eigenvalue weighted by Gasteiger charge is -2.33. The van der Waals surface area contributed by atoms with Crippen molar-refractivity contribution in [3.8, 4) is 0 Å². The van der Waals surface area contributed by atoms with Gasteiger partial charge in [-0.25, -0.2) is 8.42 Å². The number of benzene rings is 3. The smallest absolute Gasteiger partial charge is 0.264 e. The average molecular weight is 591 g/mol. The zero-order valence-electron chi connectivity index (χ0n) is 22.4. The van der Waals surface area contributed by atoms with Gasteiger partial charge in [-0.15, -0.1) is 0 Å². The van der Waals surface area contributed by atoms with Gasteiger partial charge < -0.3 is 10.2 Å². The predicted molar refractivity (Wildman–Crippen MR) is 157 cm³/mol. The van der Waals surface area contributed by atoms with Gasteiger partial charge in [-0.3, -0.25) is 13.9 Å². The Bertz CT molecular complexity index is 1400. The predicted octanol–water partition coefficient (Wildman–Crippen LogP) is 5.83. The number of aryl methyl sites for hydroxylation is 1. The molecular formula is C29H33Cl2N3O4S. The molecule has 0 spiro atoms. The summed E-state index contributed by atoms with van der Waals surface area (Å²) in [7, 11) is -4.23. The summed E-state index contributed by atoms with van der Waals surface area (Å²) in [6.07, 6.45) is 0.333. The normalized spacial score (nSPS) is 12.2. The first-order chi connectivity index (χ1) is 18.4. The molecular weight excluding hydrogens is 557 g/mol. The van der Waals surface area contributed by atoms with Crippen LogP contribution >= 0.6 is 23.2 Å². The summed E-state index contributed by atoms with van der Waals surface area (Å²) in [5.74, 6) is -0.872. The van der Waals surface area contributed by atoms with E-state index in [1.807, 2.05) is 52.0 Å². The highest BCUT2D eigenvalue weighted by Gasteiger charge is 2.34. The lowest BCUT2D eigenvalue weighted by atomic mass is 10.1. The molecule has 1 atom stereocenters. The first-order valence-electron chi connectivity index (χ1n) is 12.6. The van der Waals surface area contributed by atoms with E-state index in [9.17, 15) is 18.0 Å². The summed E-state index contributed by atoms with van der Waals surface area (Å²) < 4.78 is 28.6. The monoisotopic (exact) mass is 589 g/mol. The lowest BCUT2D eigenvalue weighted by Crippen LogP contribution is -2.53. The van der Waals surface area contributed by atoms with Crippen molar-refractivity contribution in [1.82, 2.24) is 10.2 Å². The Morgan fingerprint density at radius 2 is 1.59 bits per heavy atom. The van der Waals surface area contributed by atoms with Crippen LogP contribution in [0.25, 0.3) is 0 Å². The highest BCUT2D eigenvalue weighted by molar-refractivity contribution is 7.92. The largest absolute Gasteiger partial charge is 0.352 e. The number of anilines is 1. The van der Waals surface area contributed by atoms with Gasteiger partial charge in [0.25, 0.3) is 10.0 Å². The van der Waals surface area contributed by atoms with Crippen LogP contribution in [0.2, 0.25) is 10.0 Å². The number of sulfonamides is 1. The maximum absolute atomic E-state index is 14.0. The Labute approximate surface area is 240 Å². The van der Waals surface area contributed by atoms with Crippen LogP contribution in [0.3, 0.4) is 0 Å². The minimum absolute atomic E-state index is 0.0106. The minimum atomic E-state index is -4.23. The van der Waals surface area contributed by atoms with E-state index in [0.717, 1.165) is 15.4 Å². The summed E-state index contributed by atoms with van der Waals surface area (Å²) >= 11 is 12.6. The van der Waals surface area contributed by atoms with E-state index in [-0.39, 0.29) is 39.1 Å². The van der Waals surface area contributed by atoms with Crippen molar-refractivity contribution in [2.45, 2.75) is 57.6 Å². The fraction of sp³-hybridized carbons (Fsp3) is 0.310. The molecule has 0 bridgehead atoms. The van der Waals surface area contributed by atoms with E-state index in [2.05, 4.69) is 5.32 Å². The Hall–Kier alpha value is -3.07. The molecule has 0 aromatic heterocycles. The van der Waals surface area contributed by atoms with Gasteiger partial charge in [0.2, 0.25) is 11.8 Å². The molecule has 0 saturated carbocycles. The second-order valence-electron chi connectivity index (χ2n) is 9.52. The molecule has 7 nitrogen and oxygen atoms in total. The second kappa shape index (κ2) is 13.3. The summed E-state index contributed by atoms with van der Waals surface area (Å²) in [4.78, 5) is 28.6. The van der Waals surface area contributed by atoms with Crippen LogP contribution in [-0.2, 0) is 26.2 Å². The zero-order valence-corrected chi connectivity index (χ0v) is 24.7. The van der Waals surface area contributed by atoms with E-state index in [1.165, 1.54) is 35.2 Å². The summed E-state index contributed by atoms with van der Waals surface area (Å²) in [6, 6.07) is 18.9. The number of nitrogens with one attached hydrogen (secondary N) is 1. The Morgan fingerprint density at radius 3 is 2.18 bits per heavy atom. The molecule has 39 heavy (non-hydrogen) atoms. The van der Waals surface area contributed by atoms with Crippen LogP contribution in [0.5, 0.6) is 0 Å². The van der Waals surface area contributed by atoms with Gasteiger partial charge in [-0.2, -0.15) is 0 Å². The number of carbonyl (C=O) groups excluding carboxylic acids is 2. The molecule has 10 heteroatoms. The van der Waals surface area contributed by atoms with Gasteiger partial charge >= 0.3 is 0 Å². The van der Waals surface area contributed by atoms with Crippen molar-refractivity contribution in [2.24, 2.45) is 0 Å². The average Bonchev–Trinajstić information content (AvgIpc) is 2.89. The molecule has 0 aliphatic carbocycles. The first-order valence-corrected chi connectivity index (χ1v) is 14.8. The fourth-order valence-electron chi connectivity index (χ4n) is 4.10. The molecule has 0 heterocycles. The summed E-state index contributed by atoms with van der Waals surface area (Å²) in [6.45, 7) is 6.98. The number of nitrogens with zero attached hydrogens (tertiary/aromatic N) is 2. The third-order valence-electron chi connectivity index (χ3n) is 6.08. The minimum Gasteiger partial charge on any atom is -0.352 e. The zero-order chi connectivity index (χ0) is 28.7. The SMILES string of the molecule is CC[C@H](C(=O)NC(C)C)N(Cc1ccc(C)cc1)C(=O)CN(c1cc(Cl)ccc1Cl)S(=O)(=O)c1ccccc1. The van der Waals surface area contributed by atoms with Crippen molar-refractivity contribution in [3.63, 3.8) is 0 Å². The van der Waals surface area contributed by atoms with Crippen molar-refractivity contribution in [3.05, 3.63) is 94.0 Å². The van der Waals surface area contributed by atoms with Gasteiger partial charge in [0.15, 0.2) is 0 Å². The van der Waals surface area contributed by atoms with Gasteiger partial charge in [-0.1, -0.05) is 78.2 Å². The van der Waals surface area contributed by atoms with Gasteiger partial charge in [0.1, 0.15) is 12.6 Å². The lowest BCUT2D eigenvalue weighted by molar-refractivity contribution is -0.140. The van der Waals surface area contributed by atoms with Crippen molar-refractivity contribution in [2.75, 3.05) is 10.8 Å². The molecule has 3 aromatic rings. The number of rotatable bonds is 11. The van der Waals surface area contributed by atoms with Crippen LogP contribution in [0.4, 0.5) is 5.69 Å². The molecule has 3 rings (SSSR count). The van der Waals surface area contributed by atoms with E-state index < -0.39 is 28.5 Å². The van der Waals surface area contributed by atoms with Gasteiger partial charge in [0, 0.05) is 17.6 Å². The van der Waals surface area contributed by atoms with E-state index in [0.29, 0.717) is 6.42 Å². The summed E-state index contributed by atoms with van der Waals surface area (Å²) in [5, 5.41) is 3.25. The van der Waals surface area contributed by atoms with Gasteiger partial charge in [-0.05, 0) is 63.1 Å². The number of amides is 2. The molecule has 0 aliphatic heterocycles.